The van der Waals surface area contributed by atoms with E-state index in [4.69, 9.17) is 0 Å². The second kappa shape index (κ2) is 5.72. The Hall–Kier alpha value is -1.26. The first kappa shape index (κ1) is 12.8. The predicted octanol–water partition coefficient (Wildman–Crippen LogP) is 0.612. The summed E-state index contributed by atoms with van der Waals surface area (Å²) in [6, 6.07) is -0.0198. The highest BCUT2D eigenvalue weighted by molar-refractivity contribution is 5.84. The van der Waals surface area contributed by atoms with Crippen molar-refractivity contribution in [1.29, 1.82) is 0 Å². The molecule has 1 saturated heterocycles. The second-order valence-electron chi connectivity index (χ2n) is 4.05. The van der Waals surface area contributed by atoms with Crippen LogP contribution in [0.15, 0.2) is 0 Å². The third kappa shape index (κ3) is 2.87. The van der Waals surface area contributed by atoms with E-state index in [1.54, 1.807) is 21.7 Å². The molecule has 0 radical (unpaired) electrons. The molecule has 0 spiro atoms. The summed E-state index contributed by atoms with van der Waals surface area (Å²) in [6.07, 6.45) is 0.856. The van der Waals surface area contributed by atoms with Crippen molar-refractivity contribution in [3.8, 4) is 0 Å². The van der Waals surface area contributed by atoms with E-state index in [9.17, 15) is 9.59 Å². The Morgan fingerprint density at radius 1 is 1.31 bits per heavy atom. The summed E-state index contributed by atoms with van der Waals surface area (Å²) in [5, 5.41) is 0. The normalized spacial score (nSPS) is 17.3. The molecule has 1 fully saturated rings. The molecule has 0 aromatic heterocycles. The Morgan fingerprint density at radius 2 is 1.94 bits per heavy atom. The molecule has 1 aliphatic rings. The van der Waals surface area contributed by atoms with E-state index < -0.39 is 0 Å². The van der Waals surface area contributed by atoms with Crippen LogP contribution >= 0.6 is 0 Å². The summed E-state index contributed by atoms with van der Waals surface area (Å²) in [5.74, 6) is 0.0259. The quantitative estimate of drug-likeness (QED) is 0.694. The summed E-state index contributed by atoms with van der Waals surface area (Å²) in [5.41, 5.74) is 0. The lowest BCUT2D eigenvalue weighted by atomic mass is 10.4. The summed E-state index contributed by atoms with van der Waals surface area (Å²) < 4.78 is 0. The van der Waals surface area contributed by atoms with Gasteiger partial charge in [0.05, 0.1) is 0 Å². The van der Waals surface area contributed by atoms with Crippen LogP contribution in [0.5, 0.6) is 0 Å². The Kier molecular flexibility index (Phi) is 4.58. The molecule has 0 aromatic carbocycles. The van der Waals surface area contributed by atoms with Crippen LogP contribution in [0.4, 0.5) is 4.79 Å². The monoisotopic (exact) mass is 227 g/mol. The number of amides is 3. The van der Waals surface area contributed by atoms with Gasteiger partial charge < -0.3 is 14.7 Å². The van der Waals surface area contributed by atoms with Crippen molar-refractivity contribution in [2.24, 2.45) is 0 Å². The molecule has 1 heterocycles. The molecule has 0 N–H and O–H groups in total. The average molecular weight is 227 g/mol. The van der Waals surface area contributed by atoms with E-state index in [2.05, 4.69) is 0 Å². The van der Waals surface area contributed by atoms with Crippen molar-refractivity contribution >= 4 is 11.9 Å². The van der Waals surface area contributed by atoms with E-state index in [-0.39, 0.29) is 18.5 Å². The Balaban J connectivity index is 2.65. The van der Waals surface area contributed by atoms with Crippen LogP contribution in [-0.2, 0) is 4.79 Å². The largest absolute Gasteiger partial charge is 0.344 e. The smallest absolute Gasteiger partial charge is 0.320 e. The first-order valence-corrected chi connectivity index (χ1v) is 5.88. The van der Waals surface area contributed by atoms with Crippen LogP contribution in [0.3, 0.4) is 0 Å². The molecule has 0 aromatic rings. The third-order valence-electron chi connectivity index (χ3n) is 2.98. The topological polar surface area (TPSA) is 43.9 Å². The van der Waals surface area contributed by atoms with Crippen LogP contribution in [0, 0.1) is 0 Å². The molecule has 5 nitrogen and oxygen atoms in total. The lowest BCUT2D eigenvalue weighted by Crippen LogP contribution is -2.45. The molecule has 0 bridgehead atoms. The molecule has 0 atom stereocenters. The van der Waals surface area contributed by atoms with Crippen LogP contribution in [0.25, 0.3) is 0 Å². The van der Waals surface area contributed by atoms with E-state index >= 15 is 0 Å². The van der Waals surface area contributed by atoms with Crippen molar-refractivity contribution < 1.29 is 9.59 Å². The van der Waals surface area contributed by atoms with Gasteiger partial charge in [0.25, 0.3) is 0 Å². The number of nitrogens with zero attached hydrogens (tertiary/aromatic N) is 3. The lowest BCUT2D eigenvalue weighted by molar-refractivity contribution is -0.129. The number of hydrogen-bond donors (Lipinski definition) is 0. The van der Waals surface area contributed by atoms with Crippen molar-refractivity contribution in [3.05, 3.63) is 0 Å². The molecule has 0 saturated carbocycles. The van der Waals surface area contributed by atoms with Crippen LogP contribution in [0.2, 0.25) is 0 Å². The Bertz CT molecular complexity index is 264. The molecule has 0 unspecified atom stereocenters. The number of carbonyl (C=O) groups is 2. The van der Waals surface area contributed by atoms with E-state index in [0.29, 0.717) is 19.6 Å². The maximum atomic E-state index is 12.0. The van der Waals surface area contributed by atoms with Crippen LogP contribution in [0.1, 0.15) is 20.3 Å². The van der Waals surface area contributed by atoms with Crippen molar-refractivity contribution in [3.63, 3.8) is 0 Å². The lowest BCUT2D eigenvalue weighted by Gasteiger charge is -2.27. The van der Waals surface area contributed by atoms with Gasteiger partial charge in [-0.05, 0) is 20.3 Å². The van der Waals surface area contributed by atoms with E-state index in [1.165, 1.54) is 0 Å². The van der Waals surface area contributed by atoms with Gasteiger partial charge in [-0.2, -0.15) is 0 Å². The highest BCUT2D eigenvalue weighted by atomic mass is 16.2. The molecule has 1 aliphatic heterocycles. The third-order valence-corrected chi connectivity index (χ3v) is 2.98. The molecular weight excluding hydrogens is 206 g/mol. The van der Waals surface area contributed by atoms with Gasteiger partial charge in [0.1, 0.15) is 6.54 Å². The Labute approximate surface area is 97.0 Å². The van der Waals surface area contributed by atoms with Crippen molar-refractivity contribution in [2.45, 2.75) is 20.3 Å². The van der Waals surface area contributed by atoms with Crippen LogP contribution in [-0.4, -0.2) is 66.4 Å². The summed E-state index contributed by atoms with van der Waals surface area (Å²) >= 11 is 0. The standard InChI is InChI=1S/C11H21N3O2/c1-4-13(5-2)11(16)14-8-6-7-12(3)10(15)9-14/h4-9H2,1-3H3. The number of rotatable bonds is 2. The minimum Gasteiger partial charge on any atom is -0.344 e. The van der Waals surface area contributed by atoms with Gasteiger partial charge in [-0.25, -0.2) is 4.79 Å². The van der Waals surface area contributed by atoms with E-state index in [1.807, 2.05) is 13.8 Å². The number of likely N-dealkylation sites (N-methyl/N-ethyl adjacent to an activating group) is 1. The van der Waals surface area contributed by atoms with Gasteiger partial charge in [-0.3, -0.25) is 4.79 Å². The van der Waals surface area contributed by atoms with Gasteiger partial charge in [0.2, 0.25) is 5.91 Å². The molecule has 0 aliphatic carbocycles. The number of urea groups is 1. The zero-order chi connectivity index (χ0) is 12.1. The maximum Gasteiger partial charge on any atom is 0.320 e. The fourth-order valence-corrected chi connectivity index (χ4v) is 1.84. The van der Waals surface area contributed by atoms with Gasteiger partial charge in [-0.1, -0.05) is 0 Å². The maximum absolute atomic E-state index is 12.0. The predicted molar refractivity (Wildman–Crippen MR) is 62.1 cm³/mol. The first-order valence-electron chi connectivity index (χ1n) is 5.88. The molecule has 5 heteroatoms. The molecule has 92 valence electrons. The molecule has 3 amide bonds. The second-order valence-corrected chi connectivity index (χ2v) is 4.05. The van der Waals surface area contributed by atoms with Crippen molar-refractivity contribution in [1.82, 2.24) is 14.7 Å². The van der Waals surface area contributed by atoms with Crippen LogP contribution < -0.4 is 0 Å². The van der Waals surface area contributed by atoms with E-state index in [0.717, 1.165) is 13.0 Å². The van der Waals surface area contributed by atoms with Gasteiger partial charge in [-0.15, -0.1) is 0 Å². The van der Waals surface area contributed by atoms with Gasteiger partial charge in [0.15, 0.2) is 0 Å². The first-order chi connectivity index (χ1) is 7.60. The zero-order valence-corrected chi connectivity index (χ0v) is 10.4. The highest BCUT2D eigenvalue weighted by Crippen LogP contribution is 2.06. The van der Waals surface area contributed by atoms with Gasteiger partial charge >= 0.3 is 6.03 Å². The summed E-state index contributed by atoms with van der Waals surface area (Å²) in [6.45, 7) is 6.91. The Morgan fingerprint density at radius 3 is 2.50 bits per heavy atom. The summed E-state index contributed by atoms with van der Waals surface area (Å²) in [4.78, 5) is 28.8. The highest BCUT2D eigenvalue weighted by Gasteiger charge is 2.24. The fourth-order valence-electron chi connectivity index (χ4n) is 1.84. The molecule has 16 heavy (non-hydrogen) atoms. The zero-order valence-electron chi connectivity index (χ0n) is 10.4. The molecular formula is C11H21N3O2. The molecule has 1 rings (SSSR count). The fraction of sp³-hybridized carbons (Fsp3) is 0.818. The average Bonchev–Trinajstić information content (AvgIpc) is 2.43. The minimum atomic E-state index is -0.0198. The number of carbonyl (C=O) groups excluding carboxylic acids is 2. The van der Waals surface area contributed by atoms with Gasteiger partial charge in [0, 0.05) is 33.2 Å². The van der Waals surface area contributed by atoms with Crippen molar-refractivity contribution in [2.75, 3.05) is 39.8 Å². The SMILES string of the molecule is CCN(CC)C(=O)N1CCCN(C)C(=O)C1. The minimum absolute atomic E-state index is 0.0198. The number of hydrogen-bond acceptors (Lipinski definition) is 2. The summed E-state index contributed by atoms with van der Waals surface area (Å²) in [7, 11) is 1.79.